The number of amides is 1. The number of hydrogen-bond donors (Lipinski definition) is 0. The summed E-state index contributed by atoms with van der Waals surface area (Å²) in [6.45, 7) is 3.78. The van der Waals surface area contributed by atoms with Gasteiger partial charge in [0.2, 0.25) is 11.8 Å². The molecular formula is C18H25N5O2. The van der Waals surface area contributed by atoms with Crippen LogP contribution in [0.25, 0.3) is 0 Å². The van der Waals surface area contributed by atoms with Crippen LogP contribution in [0.3, 0.4) is 0 Å². The van der Waals surface area contributed by atoms with Crippen LogP contribution >= 0.6 is 0 Å². The van der Waals surface area contributed by atoms with Crippen LogP contribution in [0.15, 0.2) is 28.9 Å². The summed E-state index contributed by atoms with van der Waals surface area (Å²) in [5, 5.41) is 3.87. The van der Waals surface area contributed by atoms with Crippen molar-refractivity contribution in [2.75, 3.05) is 25.0 Å². The molecule has 0 spiro atoms. The average molecular weight is 343 g/mol. The third-order valence-electron chi connectivity index (χ3n) is 4.69. The van der Waals surface area contributed by atoms with E-state index in [4.69, 9.17) is 4.52 Å². The highest BCUT2D eigenvalue weighted by molar-refractivity contribution is 5.76. The quantitative estimate of drug-likeness (QED) is 0.799. The Balaban J connectivity index is 1.54. The predicted molar refractivity (Wildman–Crippen MR) is 94.2 cm³/mol. The SMILES string of the molecule is CCc1noc(CCC(=O)N(C)[C@@H]2CCCN(c3ccccn3)C2)n1. The zero-order chi connectivity index (χ0) is 17.6. The monoisotopic (exact) mass is 343 g/mol. The van der Waals surface area contributed by atoms with Crippen LogP contribution in [0.1, 0.15) is 37.9 Å². The zero-order valence-electron chi connectivity index (χ0n) is 14.9. The van der Waals surface area contributed by atoms with E-state index >= 15 is 0 Å². The van der Waals surface area contributed by atoms with Crippen molar-refractivity contribution in [3.05, 3.63) is 36.1 Å². The van der Waals surface area contributed by atoms with E-state index in [0.29, 0.717) is 24.6 Å². The molecule has 1 aliphatic heterocycles. The molecule has 0 N–H and O–H groups in total. The number of carbonyl (C=O) groups is 1. The summed E-state index contributed by atoms with van der Waals surface area (Å²) < 4.78 is 5.16. The van der Waals surface area contributed by atoms with Crippen molar-refractivity contribution in [3.63, 3.8) is 0 Å². The minimum Gasteiger partial charge on any atom is -0.355 e. The highest BCUT2D eigenvalue weighted by atomic mass is 16.5. The molecule has 3 heterocycles. The molecule has 0 saturated carbocycles. The van der Waals surface area contributed by atoms with Crippen molar-refractivity contribution < 1.29 is 9.32 Å². The van der Waals surface area contributed by atoms with Crippen LogP contribution in [0.5, 0.6) is 0 Å². The minimum absolute atomic E-state index is 0.115. The summed E-state index contributed by atoms with van der Waals surface area (Å²) in [5.74, 6) is 2.32. The summed E-state index contributed by atoms with van der Waals surface area (Å²) in [7, 11) is 1.89. The van der Waals surface area contributed by atoms with Gasteiger partial charge in [0.05, 0.1) is 0 Å². The topological polar surface area (TPSA) is 75.4 Å². The first-order chi connectivity index (χ1) is 12.2. The normalized spacial score (nSPS) is 17.5. The standard InChI is InChI=1S/C18H25N5O2/c1-3-15-20-17(25-21-15)9-10-18(24)22(2)14-7-6-12-23(13-14)16-8-4-5-11-19-16/h4-5,8,11,14H,3,6-7,9-10,12-13H2,1-2H3/t14-/m1/s1. The molecule has 2 aromatic rings. The van der Waals surface area contributed by atoms with Gasteiger partial charge in [-0.05, 0) is 25.0 Å². The molecule has 1 fully saturated rings. The van der Waals surface area contributed by atoms with Crippen LogP contribution < -0.4 is 4.90 Å². The summed E-state index contributed by atoms with van der Waals surface area (Å²) in [6, 6.07) is 6.14. The van der Waals surface area contributed by atoms with Crippen LogP contribution in [0.4, 0.5) is 5.82 Å². The van der Waals surface area contributed by atoms with Crippen LogP contribution in [-0.4, -0.2) is 52.1 Å². The Morgan fingerprint density at radius 3 is 3.04 bits per heavy atom. The number of aryl methyl sites for hydroxylation is 2. The number of rotatable bonds is 6. The first kappa shape index (κ1) is 17.4. The van der Waals surface area contributed by atoms with Crippen molar-refractivity contribution in [2.24, 2.45) is 0 Å². The number of piperidine rings is 1. The van der Waals surface area contributed by atoms with Gasteiger partial charge in [-0.15, -0.1) is 0 Å². The lowest BCUT2D eigenvalue weighted by molar-refractivity contribution is -0.132. The molecule has 7 heteroatoms. The van der Waals surface area contributed by atoms with Crippen molar-refractivity contribution in [2.45, 2.75) is 45.1 Å². The van der Waals surface area contributed by atoms with Crippen LogP contribution in [0.2, 0.25) is 0 Å². The maximum absolute atomic E-state index is 12.5. The molecule has 0 aliphatic carbocycles. The Labute approximate surface area is 148 Å². The van der Waals surface area contributed by atoms with Crippen molar-refractivity contribution in [1.29, 1.82) is 0 Å². The Hall–Kier alpha value is -2.44. The lowest BCUT2D eigenvalue weighted by atomic mass is 10.0. The fourth-order valence-electron chi connectivity index (χ4n) is 3.15. The molecule has 134 valence electrons. The third-order valence-corrected chi connectivity index (χ3v) is 4.69. The second-order valence-electron chi connectivity index (χ2n) is 6.39. The van der Waals surface area contributed by atoms with Gasteiger partial charge in [-0.25, -0.2) is 4.98 Å². The first-order valence-electron chi connectivity index (χ1n) is 8.90. The van der Waals surface area contributed by atoms with E-state index in [1.54, 1.807) is 0 Å². The highest BCUT2D eigenvalue weighted by Crippen LogP contribution is 2.20. The number of likely N-dealkylation sites (N-methyl/N-ethyl adjacent to an activating group) is 1. The average Bonchev–Trinajstić information content (AvgIpc) is 3.14. The Morgan fingerprint density at radius 2 is 2.32 bits per heavy atom. The fraction of sp³-hybridized carbons (Fsp3) is 0.556. The van der Waals surface area contributed by atoms with Gasteiger partial charge in [-0.1, -0.05) is 18.1 Å². The number of carbonyl (C=O) groups excluding carboxylic acids is 1. The molecule has 0 bridgehead atoms. The minimum atomic E-state index is 0.115. The number of hydrogen-bond acceptors (Lipinski definition) is 6. The number of anilines is 1. The van der Waals surface area contributed by atoms with Crippen molar-refractivity contribution in [1.82, 2.24) is 20.0 Å². The summed E-state index contributed by atoms with van der Waals surface area (Å²) in [4.78, 5) is 25.3. The molecule has 3 rings (SSSR count). The second kappa shape index (κ2) is 8.09. The first-order valence-corrected chi connectivity index (χ1v) is 8.90. The Bertz CT molecular complexity index is 688. The van der Waals surface area contributed by atoms with Gasteiger partial charge < -0.3 is 14.3 Å². The van der Waals surface area contributed by atoms with Crippen molar-refractivity contribution >= 4 is 11.7 Å². The van der Waals surface area contributed by atoms with Gasteiger partial charge in [0, 0.05) is 51.6 Å². The van der Waals surface area contributed by atoms with Crippen molar-refractivity contribution in [3.8, 4) is 0 Å². The van der Waals surface area contributed by atoms with Gasteiger partial charge in [0.1, 0.15) is 5.82 Å². The zero-order valence-corrected chi connectivity index (χ0v) is 14.9. The molecule has 0 aromatic carbocycles. The molecule has 1 atom stereocenters. The van der Waals surface area contributed by atoms with E-state index in [1.165, 1.54) is 0 Å². The third kappa shape index (κ3) is 4.35. The van der Waals surface area contributed by atoms with Gasteiger partial charge in [-0.2, -0.15) is 4.98 Å². The number of aromatic nitrogens is 3. The largest absolute Gasteiger partial charge is 0.355 e. The molecule has 1 saturated heterocycles. The number of nitrogens with zero attached hydrogens (tertiary/aromatic N) is 5. The smallest absolute Gasteiger partial charge is 0.227 e. The van der Waals surface area contributed by atoms with E-state index in [9.17, 15) is 4.79 Å². The molecule has 1 amide bonds. The Morgan fingerprint density at radius 1 is 1.44 bits per heavy atom. The predicted octanol–water partition coefficient (Wildman–Crippen LogP) is 2.09. The molecule has 0 unspecified atom stereocenters. The summed E-state index contributed by atoms with van der Waals surface area (Å²) in [5.41, 5.74) is 0. The van der Waals surface area contributed by atoms with Gasteiger partial charge >= 0.3 is 0 Å². The summed E-state index contributed by atoms with van der Waals surface area (Å²) in [6.07, 6.45) is 5.51. The van der Waals surface area contributed by atoms with E-state index in [1.807, 2.05) is 43.3 Å². The van der Waals surface area contributed by atoms with E-state index in [2.05, 4.69) is 20.0 Å². The number of pyridine rings is 1. The highest BCUT2D eigenvalue weighted by Gasteiger charge is 2.26. The molecule has 1 aliphatic rings. The summed E-state index contributed by atoms with van der Waals surface area (Å²) >= 11 is 0. The molecule has 25 heavy (non-hydrogen) atoms. The molecule has 7 nitrogen and oxygen atoms in total. The van der Waals surface area contributed by atoms with E-state index in [0.717, 1.165) is 38.2 Å². The maximum Gasteiger partial charge on any atom is 0.227 e. The second-order valence-corrected chi connectivity index (χ2v) is 6.39. The lowest BCUT2D eigenvalue weighted by Gasteiger charge is -2.38. The maximum atomic E-state index is 12.5. The van der Waals surface area contributed by atoms with Gasteiger partial charge in [0.25, 0.3) is 0 Å². The molecule has 2 aromatic heterocycles. The molecular weight excluding hydrogens is 318 g/mol. The van der Waals surface area contributed by atoms with E-state index in [-0.39, 0.29) is 11.9 Å². The lowest BCUT2D eigenvalue weighted by Crippen LogP contribution is -2.48. The fourth-order valence-corrected chi connectivity index (χ4v) is 3.15. The van der Waals surface area contributed by atoms with E-state index < -0.39 is 0 Å². The van der Waals surface area contributed by atoms with Crippen LogP contribution in [0, 0.1) is 0 Å². The van der Waals surface area contributed by atoms with Gasteiger partial charge in [-0.3, -0.25) is 4.79 Å². The van der Waals surface area contributed by atoms with Gasteiger partial charge in [0.15, 0.2) is 5.82 Å². The Kier molecular flexibility index (Phi) is 5.63. The molecule has 0 radical (unpaired) electrons. The van der Waals surface area contributed by atoms with Crippen LogP contribution in [-0.2, 0) is 17.6 Å².